The molecule has 1 amide bonds. The SMILES string of the molecule is Cl.N[C@H]1CC[C@H](Nc2c(C(=O)Nc3ccc(F)cc3)cnc3[nH]c(C(F)(F)F)cc23)CC1. The van der Waals surface area contributed by atoms with Gasteiger partial charge in [0.25, 0.3) is 5.91 Å². The molecule has 4 rings (SSSR count). The number of amides is 1. The molecule has 5 N–H and O–H groups in total. The number of fused-ring (bicyclic) bond motifs is 1. The molecule has 0 atom stereocenters. The van der Waals surface area contributed by atoms with Crippen LogP contribution in [0.25, 0.3) is 11.0 Å². The first-order chi connectivity index (χ1) is 14.7. The van der Waals surface area contributed by atoms with Crippen LogP contribution in [-0.4, -0.2) is 28.0 Å². The minimum Gasteiger partial charge on any atom is -0.381 e. The van der Waals surface area contributed by atoms with Crippen LogP contribution in [0.15, 0.2) is 36.5 Å². The topological polar surface area (TPSA) is 95.8 Å². The number of nitrogens with two attached hydrogens (primary N) is 1. The monoisotopic (exact) mass is 471 g/mol. The molecule has 1 aliphatic carbocycles. The molecule has 0 spiro atoms. The van der Waals surface area contributed by atoms with Gasteiger partial charge in [0.05, 0.1) is 11.3 Å². The molecule has 0 radical (unpaired) electrons. The number of pyridine rings is 1. The Bertz CT molecular complexity index is 1090. The molecule has 0 aliphatic heterocycles. The summed E-state index contributed by atoms with van der Waals surface area (Å²) in [7, 11) is 0. The summed E-state index contributed by atoms with van der Waals surface area (Å²) < 4.78 is 52.8. The predicted octanol–water partition coefficient (Wildman–Crippen LogP) is 5.08. The Kier molecular flexibility index (Phi) is 6.94. The molecule has 0 saturated heterocycles. The van der Waals surface area contributed by atoms with E-state index in [0.29, 0.717) is 5.69 Å². The molecule has 0 bridgehead atoms. The van der Waals surface area contributed by atoms with E-state index in [9.17, 15) is 22.4 Å². The number of benzene rings is 1. The molecular formula is C21H22ClF4N5O. The maximum absolute atomic E-state index is 13.2. The Balaban J connectivity index is 0.00000289. The van der Waals surface area contributed by atoms with E-state index in [4.69, 9.17) is 5.73 Å². The summed E-state index contributed by atoms with van der Waals surface area (Å²) in [5, 5.41) is 6.06. The second kappa shape index (κ2) is 9.33. The highest BCUT2D eigenvalue weighted by Crippen LogP contribution is 2.35. The van der Waals surface area contributed by atoms with E-state index in [1.54, 1.807) is 0 Å². The van der Waals surface area contributed by atoms with Gasteiger partial charge in [0.1, 0.15) is 17.2 Å². The van der Waals surface area contributed by atoms with Crippen molar-refractivity contribution in [3.05, 3.63) is 53.6 Å². The minimum absolute atomic E-state index is 0. The summed E-state index contributed by atoms with van der Waals surface area (Å²) in [6.07, 6.45) is -0.310. The van der Waals surface area contributed by atoms with Crippen molar-refractivity contribution >= 4 is 40.7 Å². The average molecular weight is 472 g/mol. The first kappa shape index (κ1) is 23.8. The zero-order chi connectivity index (χ0) is 22.2. The van der Waals surface area contributed by atoms with Gasteiger partial charge in [-0.1, -0.05) is 0 Å². The number of hydrogen-bond donors (Lipinski definition) is 4. The van der Waals surface area contributed by atoms with Gasteiger partial charge in [0.2, 0.25) is 0 Å². The molecule has 2 aromatic heterocycles. The highest BCUT2D eigenvalue weighted by atomic mass is 35.5. The molecular weight excluding hydrogens is 450 g/mol. The van der Waals surface area contributed by atoms with E-state index in [2.05, 4.69) is 20.6 Å². The number of hydrogen-bond acceptors (Lipinski definition) is 4. The third-order valence-electron chi connectivity index (χ3n) is 5.43. The van der Waals surface area contributed by atoms with Crippen LogP contribution in [0, 0.1) is 5.82 Å². The van der Waals surface area contributed by atoms with Gasteiger partial charge >= 0.3 is 6.18 Å². The standard InChI is InChI=1S/C21H21F4N5O.ClH/c22-11-1-5-14(6-2-11)29-20(31)16-10-27-19-15(9-17(30-19)21(23,24)25)18(16)28-13-7-3-12(26)4-8-13;/h1-2,5-6,9-10,12-13H,3-4,7-8,26H2,(H,29,31)(H2,27,28,30);1H/t12-,13-;. The van der Waals surface area contributed by atoms with Gasteiger partial charge < -0.3 is 21.4 Å². The van der Waals surface area contributed by atoms with Crippen LogP contribution >= 0.6 is 12.4 Å². The summed E-state index contributed by atoms with van der Waals surface area (Å²) in [4.78, 5) is 19.2. The summed E-state index contributed by atoms with van der Waals surface area (Å²) in [6.45, 7) is 0. The molecule has 32 heavy (non-hydrogen) atoms. The van der Waals surface area contributed by atoms with E-state index in [1.807, 2.05) is 0 Å². The van der Waals surface area contributed by atoms with E-state index >= 15 is 0 Å². The first-order valence-electron chi connectivity index (χ1n) is 9.88. The number of rotatable bonds is 4. The Labute approximate surface area is 187 Å². The number of carbonyl (C=O) groups excluding carboxylic acids is 1. The van der Waals surface area contributed by atoms with Crippen LogP contribution in [0.5, 0.6) is 0 Å². The maximum atomic E-state index is 13.2. The van der Waals surface area contributed by atoms with Crippen LogP contribution < -0.4 is 16.4 Å². The fraction of sp³-hybridized carbons (Fsp3) is 0.333. The molecule has 1 fully saturated rings. The van der Waals surface area contributed by atoms with E-state index in [1.165, 1.54) is 30.5 Å². The summed E-state index contributed by atoms with van der Waals surface area (Å²) >= 11 is 0. The van der Waals surface area contributed by atoms with Gasteiger partial charge in [-0.25, -0.2) is 9.37 Å². The highest BCUT2D eigenvalue weighted by molar-refractivity contribution is 6.12. The Morgan fingerprint density at radius 1 is 1.12 bits per heavy atom. The molecule has 0 unspecified atom stereocenters. The first-order valence-corrected chi connectivity index (χ1v) is 9.88. The molecule has 3 aromatic rings. The normalized spacial score (nSPS) is 18.8. The third-order valence-corrected chi connectivity index (χ3v) is 5.43. The number of aromatic nitrogens is 2. The molecule has 172 valence electrons. The largest absolute Gasteiger partial charge is 0.431 e. The van der Waals surface area contributed by atoms with Crippen molar-refractivity contribution in [3.8, 4) is 0 Å². The molecule has 6 nitrogen and oxygen atoms in total. The lowest BCUT2D eigenvalue weighted by Gasteiger charge is -2.28. The van der Waals surface area contributed by atoms with Gasteiger partial charge in [-0.2, -0.15) is 13.2 Å². The lowest BCUT2D eigenvalue weighted by molar-refractivity contribution is -0.140. The van der Waals surface area contributed by atoms with Crippen molar-refractivity contribution in [2.24, 2.45) is 5.73 Å². The smallest absolute Gasteiger partial charge is 0.381 e. The number of aromatic amines is 1. The Morgan fingerprint density at radius 2 is 1.78 bits per heavy atom. The van der Waals surface area contributed by atoms with Gasteiger partial charge in [-0.15, -0.1) is 12.4 Å². The lowest BCUT2D eigenvalue weighted by Crippen LogP contribution is -2.33. The number of alkyl halides is 3. The van der Waals surface area contributed by atoms with E-state index in [0.717, 1.165) is 31.7 Å². The molecule has 1 saturated carbocycles. The average Bonchev–Trinajstić information content (AvgIpc) is 3.17. The van der Waals surface area contributed by atoms with Crippen LogP contribution in [-0.2, 0) is 6.18 Å². The second-order valence-electron chi connectivity index (χ2n) is 7.71. The quantitative estimate of drug-likeness (QED) is 0.399. The van der Waals surface area contributed by atoms with Gasteiger partial charge in [0, 0.05) is 29.4 Å². The third kappa shape index (κ3) is 5.13. The fourth-order valence-electron chi connectivity index (χ4n) is 3.75. The zero-order valence-electron chi connectivity index (χ0n) is 16.8. The number of carbonyl (C=O) groups is 1. The van der Waals surface area contributed by atoms with Crippen molar-refractivity contribution < 1.29 is 22.4 Å². The van der Waals surface area contributed by atoms with E-state index in [-0.39, 0.29) is 46.8 Å². The van der Waals surface area contributed by atoms with Crippen LogP contribution in [0.2, 0.25) is 0 Å². The van der Waals surface area contributed by atoms with Crippen molar-refractivity contribution in [2.45, 2.75) is 43.9 Å². The molecule has 1 aliphatic rings. The van der Waals surface area contributed by atoms with Crippen molar-refractivity contribution in [1.82, 2.24) is 9.97 Å². The van der Waals surface area contributed by atoms with E-state index < -0.39 is 23.6 Å². The van der Waals surface area contributed by atoms with Crippen LogP contribution in [0.3, 0.4) is 0 Å². The molecule has 11 heteroatoms. The maximum Gasteiger partial charge on any atom is 0.431 e. The number of nitrogens with zero attached hydrogens (tertiary/aromatic N) is 1. The summed E-state index contributed by atoms with van der Waals surface area (Å²) in [5.74, 6) is -1.02. The number of nitrogens with one attached hydrogen (secondary N) is 3. The zero-order valence-corrected chi connectivity index (χ0v) is 17.6. The number of halogens is 5. The molecule has 2 heterocycles. The Morgan fingerprint density at radius 3 is 2.41 bits per heavy atom. The van der Waals surface area contributed by atoms with Crippen molar-refractivity contribution in [3.63, 3.8) is 0 Å². The van der Waals surface area contributed by atoms with Crippen LogP contribution in [0.1, 0.15) is 41.7 Å². The van der Waals surface area contributed by atoms with Crippen molar-refractivity contribution in [1.29, 1.82) is 0 Å². The summed E-state index contributed by atoms with van der Waals surface area (Å²) in [6, 6.07) is 6.20. The second-order valence-corrected chi connectivity index (χ2v) is 7.71. The number of anilines is 2. The Hall–Kier alpha value is -2.85. The van der Waals surface area contributed by atoms with Crippen molar-refractivity contribution in [2.75, 3.05) is 10.6 Å². The number of H-pyrrole nitrogens is 1. The van der Waals surface area contributed by atoms with Gasteiger partial charge in [-0.05, 0) is 56.0 Å². The van der Waals surface area contributed by atoms with Gasteiger partial charge in [0.15, 0.2) is 0 Å². The molecule has 1 aromatic carbocycles. The minimum atomic E-state index is -4.58. The van der Waals surface area contributed by atoms with Crippen LogP contribution in [0.4, 0.5) is 28.9 Å². The lowest BCUT2D eigenvalue weighted by atomic mass is 9.91. The predicted molar refractivity (Wildman–Crippen MR) is 117 cm³/mol. The summed E-state index contributed by atoms with van der Waals surface area (Å²) in [5.41, 5.74) is 5.76. The fourth-order valence-corrected chi connectivity index (χ4v) is 3.75. The van der Waals surface area contributed by atoms with Gasteiger partial charge in [-0.3, -0.25) is 4.79 Å². The highest BCUT2D eigenvalue weighted by Gasteiger charge is 2.34.